The van der Waals surface area contributed by atoms with Gasteiger partial charge in [0.2, 0.25) is 5.95 Å². The molecule has 0 aliphatic carbocycles. The van der Waals surface area contributed by atoms with E-state index in [9.17, 15) is 9.18 Å². The number of amides is 1. The standard InChI is InChI=1S/C19H16ClFN4O2/c1-11-3-6-17(27-2)16(7-11)25-18(26)12-9-22-19(23-10-12)24-13-4-5-15(21)14(20)8-13/h3-10H,1-2H3,(H,25,26)(H,22,23,24). The first-order valence-electron chi connectivity index (χ1n) is 7.96. The summed E-state index contributed by atoms with van der Waals surface area (Å²) in [6, 6.07) is 9.65. The van der Waals surface area contributed by atoms with Gasteiger partial charge in [0.25, 0.3) is 5.91 Å². The molecular weight excluding hydrogens is 371 g/mol. The minimum atomic E-state index is -0.512. The number of nitrogens with one attached hydrogen (secondary N) is 2. The van der Waals surface area contributed by atoms with Gasteiger partial charge in [-0.15, -0.1) is 0 Å². The second-order valence-corrected chi connectivity index (χ2v) is 6.11. The first kappa shape index (κ1) is 18.6. The highest BCUT2D eigenvalue weighted by Gasteiger charge is 2.11. The molecule has 3 aromatic rings. The van der Waals surface area contributed by atoms with Gasteiger partial charge in [0.05, 0.1) is 23.4 Å². The Bertz CT molecular complexity index is 980. The predicted octanol–water partition coefficient (Wildman–Crippen LogP) is 4.58. The van der Waals surface area contributed by atoms with Gasteiger partial charge in [0, 0.05) is 18.1 Å². The lowest BCUT2D eigenvalue weighted by atomic mass is 10.2. The van der Waals surface area contributed by atoms with Crippen LogP contribution in [0.25, 0.3) is 0 Å². The number of aryl methyl sites for hydroxylation is 1. The summed E-state index contributed by atoms with van der Waals surface area (Å²) in [6.07, 6.45) is 2.77. The molecule has 0 spiro atoms. The van der Waals surface area contributed by atoms with Crippen molar-refractivity contribution in [2.75, 3.05) is 17.7 Å². The van der Waals surface area contributed by atoms with E-state index in [4.69, 9.17) is 16.3 Å². The van der Waals surface area contributed by atoms with Crippen molar-refractivity contribution in [3.63, 3.8) is 0 Å². The fourth-order valence-electron chi connectivity index (χ4n) is 2.33. The Morgan fingerprint density at radius 2 is 1.89 bits per heavy atom. The van der Waals surface area contributed by atoms with Crippen LogP contribution >= 0.6 is 11.6 Å². The highest BCUT2D eigenvalue weighted by molar-refractivity contribution is 6.31. The predicted molar refractivity (Wildman–Crippen MR) is 102 cm³/mol. The van der Waals surface area contributed by atoms with Crippen LogP contribution < -0.4 is 15.4 Å². The topological polar surface area (TPSA) is 76.1 Å². The van der Waals surface area contributed by atoms with Crippen LogP contribution in [0.3, 0.4) is 0 Å². The van der Waals surface area contributed by atoms with E-state index in [1.807, 2.05) is 19.1 Å². The third-order valence-corrected chi connectivity index (χ3v) is 3.98. The molecule has 3 rings (SSSR count). The third kappa shape index (κ3) is 4.51. The molecule has 0 aliphatic rings. The number of halogens is 2. The van der Waals surface area contributed by atoms with Crippen molar-refractivity contribution in [1.82, 2.24) is 9.97 Å². The first-order valence-corrected chi connectivity index (χ1v) is 8.34. The van der Waals surface area contributed by atoms with Gasteiger partial charge in [-0.1, -0.05) is 17.7 Å². The van der Waals surface area contributed by atoms with Crippen molar-refractivity contribution >= 4 is 34.8 Å². The minimum absolute atomic E-state index is 0.0110. The highest BCUT2D eigenvalue weighted by atomic mass is 35.5. The number of hydrogen-bond acceptors (Lipinski definition) is 5. The van der Waals surface area contributed by atoms with Crippen molar-refractivity contribution in [2.45, 2.75) is 6.92 Å². The number of hydrogen-bond donors (Lipinski definition) is 2. The number of carbonyl (C=O) groups is 1. The lowest BCUT2D eigenvalue weighted by Crippen LogP contribution is -2.14. The lowest BCUT2D eigenvalue weighted by Gasteiger charge is -2.11. The maximum absolute atomic E-state index is 13.2. The molecule has 0 saturated heterocycles. The van der Waals surface area contributed by atoms with Crippen molar-refractivity contribution in [3.8, 4) is 5.75 Å². The van der Waals surface area contributed by atoms with E-state index in [0.29, 0.717) is 17.1 Å². The van der Waals surface area contributed by atoms with Crippen LogP contribution in [0, 0.1) is 12.7 Å². The zero-order valence-electron chi connectivity index (χ0n) is 14.6. The van der Waals surface area contributed by atoms with Crippen LogP contribution in [-0.4, -0.2) is 23.0 Å². The number of carbonyl (C=O) groups excluding carboxylic acids is 1. The van der Waals surface area contributed by atoms with Crippen LogP contribution in [0.2, 0.25) is 5.02 Å². The molecule has 27 heavy (non-hydrogen) atoms. The van der Waals surface area contributed by atoms with Gasteiger partial charge in [-0.05, 0) is 42.8 Å². The SMILES string of the molecule is COc1ccc(C)cc1NC(=O)c1cnc(Nc2ccc(F)c(Cl)c2)nc1. The first-order chi connectivity index (χ1) is 13.0. The number of methoxy groups -OCH3 is 1. The summed E-state index contributed by atoms with van der Waals surface area (Å²) in [5.41, 5.74) is 2.36. The van der Waals surface area contributed by atoms with E-state index in [1.54, 1.807) is 6.07 Å². The molecule has 6 nitrogen and oxygen atoms in total. The zero-order chi connectivity index (χ0) is 19.4. The summed E-state index contributed by atoms with van der Waals surface area (Å²) in [7, 11) is 1.53. The van der Waals surface area contributed by atoms with E-state index in [0.717, 1.165) is 5.56 Å². The van der Waals surface area contributed by atoms with Crippen LogP contribution in [0.1, 0.15) is 15.9 Å². The number of benzene rings is 2. The van der Waals surface area contributed by atoms with Crippen LogP contribution in [0.4, 0.5) is 21.7 Å². The van der Waals surface area contributed by atoms with Crippen molar-refractivity contribution in [1.29, 1.82) is 0 Å². The van der Waals surface area contributed by atoms with Crippen LogP contribution in [0.15, 0.2) is 48.8 Å². The normalized spacial score (nSPS) is 10.4. The Balaban J connectivity index is 1.72. The molecule has 8 heteroatoms. The van der Waals surface area contributed by atoms with Crippen molar-refractivity contribution in [2.24, 2.45) is 0 Å². The second kappa shape index (κ2) is 8.01. The molecule has 0 aliphatic heterocycles. The maximum Gasteiger partial charge on any atom is 0.258 e. The van der Waals surface area contributed by atoms with Gasteiger partial charge in [0.1, 0.15) is 11.6 Å². The summed E-state index contributed by atoms with van der Waals surface area (Å²) < 4.78 is 18.4. The van der Waals surface area contributed by atoms with E-state index < -0.39 is 5.82 Å². The number of ether oxygens (including phenoxy) is 1. The number of anilines is 3. The third-order valence-electron chi connectivity index (χ3n) is 3.69. The largest absolute Gasteiger partial charge is 0.495 e. The molecule has 0 atom stereocenters. The van der Waals surface area contributed by atoms with Gasteiger partial charge in [0.15, 0.2) is 0 Å². The molecule has 1 amide bonds. The van der Waals surface area contributed by atoms with Crippen LogP contribution in [-0.2, 0) is 0 Å². The Morgan fingerprint density at radius 1 is 1.15 bits per heavy atom. The zero-order valence-corrected chi connectivity index (χ0v) is 15.3. The Kier molecular flexibility index (Phi) is 5.52. The second-order valence-electron chi connectivity index (χ2n) is 5.71. The van der Waals surface area contributed by atoms with Crippen molar-refractivity contribution < 1.29 is 13.9 Å². The van der Waals surface area contributed by atoms with Crippen LogP contribution in [0.5, 0.6) is 5.75 Å². The molecule has 0 saturated carbocycles. The van der Waals surface area contributed by atoms with Crippen molar-refractivity contribution in [3.05, 3.63) is 70.8 Å². The molecule has 2 N–H and O–H groups in total. The average molecular weight is 387 g/mol. The molecule has 0 radical (unpaired) electrons. The number of aromatic nitrogens is 2. The molecule has 0 bridgehead atoms. The Morgan fingerprint density at radius 3 is 2.56 bits per heavy atom. The van der Waals surface area contributed by atoms with E-state index in [2.05, 4.69) is 20.6 Å². The molecule has 0 unspecified atom stereocenters. The van der Waals surface area contributed by atoms with Gasteiger partial charge in [-0.2, -0.15) is 0 Å². The van der Waals surface area contributed by atoms with E-state index in [-0.39, 0.29) is 22.4 Å². The Hall–Kier alpha value is -3.19. The molecule has 138 valence electrons. The quantitative estimate of drug-likeness (QED) is 0.671. The molecule has 0 fully saturated rings. The lowest BCUT2D eigenvalue weighted by molar-refractivity contribution is 0.102. The summed E-state index contributed by atoms with van der Waals surface area (Å²) in [4.78, 5) is 20.6. The molecular formula is C19H16ClFN4O2. The number of rotatable bonds is 5. The highest BCUT2D eigenvalue weighted by Crippen LogP contribution is 2.26. The van der Waals surface area contributed by atoms with Gasteiger partial charge < -0.3 is 15.4 Å². The average Bonchev–Trinajstić information content (AvgIpc) is 2.65. The summed E-state index contributed by atoms with van der Waals surface area (Å²) in [6.45, 7) is 1.92. The fraction of sp³-hybridized carbons (Fsp3) is 0.105. The number of nitrogens with zero attached hydrogens (tertiary/aromatic N) is 2. The molecule has 1 heterocycles. The monoisotopic (exact) mass is 386 g/mol. The van der Waals surface area contributed by atoms with E-state index >= 15 is 0 Å². The smallest absolute Gasteiger partial charge is 0.258 e. The summed E-state index contributed by atoms with van der Waals surface area (Å²) >= 11 is 5.74. The minimum Gasteiger partial charge on any atom is -0.495 e. The maximum atomic E-state index is 13.2. The van der Waals surface area contributed by atoms with Gasteiger partial charge in [-0.3, -0.25) is 4.79 Å². The summed E-state index contributed by atoms with van der Waals surface area (Å²) in [5.74, 6) is -0.0688. The molecule has 1 aromatic heterocycles. The Labute approximate surface area is 160 Å². The van der Waals surface area contributed by atoms with Gasteiger partial charge in [-0.25, -0.2) is 14.4 Å². The summed E-state index contributed by atoms with van der Waals surface area (Å²) in [5, 5.41) is 5.66. The molecule has 2 aromatic carbocycles. The van der Waals surface area contributed by atoms with Gasteiger partial charge >= 0.3 is 0 Å². The fourth-order valence-corrected chi connectivity index (χ4v) is 2.51. The van der Waals surface area contributed by atoms with E-state index in [1.165, 1.54) is 37.7 Å².